The van der Waals surface area contributed by atoms with Crippen molar-refractivity contribution in [2.24, 2.45) is 4.99 Å². The van der Waals surface area contributed by atoms with Crippen LogP contribution >= 0.6 is 15.9 Å². The standard InChI is InChI=1S/C16H22BrFN4O/c1-2-19-16(21-11-15(23)22-7-3-4-8-22)20-10-12-9-13(18)5-6-14(12)17/h5-6,9H,2-4,7-8,10-11H2,1H3,(H2,19,20,21). The summed E-state index contributed by atoms with van der Waals surface area (Å²) in [5.74, 6) is 0.344. The number of carbonyl (C=O) groups excluding carboxylic acids is 1. The van der Waals surface area contributed by atoms with Crippen molar-refractivity contribution in [1.82, 2.24) is 15.5 Å². The summed E-state index contributed by atoms with van der Waals surface area (Å²) in [4.78, 5) is 18.3. The molecule has 0 aliphatic carbocycles. The van der Waals surface area contributed by atoms with Crippen molar-refractivity contribution in [2.45, 2.75) is 26.3 Å². The van der Waals surface area contributed by atoms with E-state index in [0.717, 1.165) is 36.0 Å². The minimum atomic E-state index is -0.291. The van der Waals surface area contributed by atoms with E-state index in [2.05, 4.69) is 31.6 Å². The number of nitrogens with one attached hydrogen (secondary N) is 2. The van der Waals surface area contributed by atoms with Crippen LogP contribution in [0.15, 0.2) is 27.7 Å². The lowest BCUT2D eigenvalue weighted by molar-refractivity contribution is -0.128. The number of rotatable bonds is 5. The van der Waals surface area contributed by atoms with Crippen molar-refractivity contribution < 1.29 is 9.18 Å². The van der Waals surface area contributed by atoms with Gasteiger partial charge in [0.25, 0.3) is 0 Å². The number of carbonyl (C=O) groups is 1. The van der Waals surface area contributed by atoms with E-state index in [0.29, 0.717) is 19.0 Å². The Labute approximate surface area is 144 Å². The molecular weight excluding hydrogens is 363 g/mol. The molecule has 1 amide bonds. The molecule has 23 heavy (non-hydrogen) atoms. The molecule has 5 nitrogen and oxygen atoms in total. The maximum atomic E-state index is 13.3. The largest absolute Gasteiger partial charge is 0.357 e. The van der Waals surface area contributed by atoms with Gasteiger partial charge >= 0.3 is 0 Å². The number of halogens is 2. The van der Waals surface area contributed by atoms with Gasteiger partial charge in [0.15, 0.2) is 5.96 Å². The lowest BCUT2D eigenvalue weighted by Crippen LogP contribution is -2.44. The molecule has 0 spiro atoms. The van der Waals surface area contributed by atoms with Gasteiger partial charge in [-0.2, -0.15) is 0 Å². The van der Waals surface area contributed by atoms with Crippen LogP contribution in [-0.2, 0) is 11.3 Å². The van der Waals surface area contributed by atoms with Crippen LogP contribution in [0.2, 0.25) is 0 Å². The molecule has 0 bridgehead atoms. The number of hydrogen-bond acceptors (Lipinski definition) is 2. The summed E-state index contributed by atoms with van der Waals surface area (Å²) < 4.78 is 14.1. The van der Waals surface area contributed by atoms with Crippen LogP contribution < -0.4 is 10.6 Å². The summed E-state index contributed by atoms with van der Waals surface area (Å²) in [5.41, 5.74) is 0.757. The third kappa shape index (κ3) is 5.49. The zero-order valence-electron chi connectivity index (χ0n) is 13.2. The van der Waals surface area contributed by atoms with Crippen LogP contribution in [0.1, 0.15) is 25.3 Å². The SMILES string of the molecule is CCNC(=NCc1cc(F)ccc1Br)NCC(=O)N1CCCC1. The fourth-order valence-electron chi connectivity index (χ4n) is 2.41. The lowest BCUT2D eigenvalue weighted by atomic mass is 10.2. The van der Waals surface area contributed by atoms with Gasteiger partial charge in [0.1, 0.15) is 5.82 Å². The molecule has 2 N–H and O–H groups in total. The Hall–Kier alpha value is -1.63. The predicted octanol–water partition coefficient (Wildman–Crippen LogP) is 2.27. The van der Waals surface area contributed by atoms with Gasteiger partial charge in [-0.05, 0) is 43.5 Å². The second-order valence-corrected chi connectivity index (χ2v) is 6.23. The first kappa shape index (κ1) is 17.7. The average molecular weight is 385 g/mol. The van der Waals surface area contributed by atoms with Gasteiger partial charge < -0.3 is 15.5 Å². The quantitative estimate of drug-likeness (QED) is 0.604. The second-order valence-electron chi connectivity index (χ2n) is 5.37. The highest BCUT2D eigenvalue weighted by Gasteiger charge is 2.17. The Morgan fingerprint density at radius 3 is 2.78 bits per heavy atom. The molecule has 0 saturated carbocycles. The summed E-state index contributed by atoms with van der Waals surface area (Å²) in [5, 5.41) is 6.13. The molecule has 1 heterocycles. The van der Waals surface area contributed by atoms with Crippen molar-refractivity contribution in [3.8, 4) is 0 Å². The normalized spacial score (nSPS) is 14.9. The summed E-state index contributed by atoms with van der Waals surface area (Å²) in [6.07, 6.45) is 2.15. The van der Waals surface area contributed by atoms with Gasteiger partial charge in [0.2, 0.25) is 5.91 Å². The molecule has 1 aliphatic heterocycles. The molecule has 126 valence electrons. The van der Waals surface area contributed by atoms with Gasteiger partial charge in [-0.3, -0.25) is 4.79 Å². The first-order valence-corrected chi connectivity index (χ1v) is 8.63. The van der Waals surface area contributed by atoms with Crippen LogP contribution in [-0.4, -0.2) is 42.9 Å². The number of likely N-dealkylation sites (tertiary alicyclic amines) is 1. The number of nitrogens with zero attached hydrogens (tertiary/aromatic N) is 2. The molecule has 0 unspecified atom stereocenters. The van der Waals surface area contributed by atoms with Crippen LogP contribution in [0.4, 0.5) is 4.39 Å². The summed E-state index contributed by atoms with van der Waals surface area (Å²) in [6.45, 7) is 4.86. The maximum Gasteiger partial charge on any atom is 0.241 e. The van der Waals surface area contributed by atoms with Gasteiger partial charge in [-0.25, -0.2) is 9.38 Å². The van der Waals surface area contributed by atoms with E-state index in [9.17, 15) is 9.18 Å². The highest BCUT2D eigenvalue weighted by atomic mass is 79.9. The van der Waals surface area contributed by atoms with Gasteiger partial charge in [0.05, 0.1) is 13.1 Å². The number of benzene rings is 1. The minimum Gasteiger partial charge on any atom is -0.357 e. The van der Waals surface area contributed by atoms with Gasteiger partial charge in [-0.1, -0.05) is 15.9 Å². The minimum absolute atomic E-state index is 0.0834. The molecule has 0 aromatic heterocycles. The number of aliphatic imine (C=N–C) groups is 1. The monoisotopic (exact) mass is 384 g/mol. The Balaban J connectivity index is 1.93. The summed E-state index contributed by atoms with van der Waals surface area (Å²) in [7, 11) is 0. The van der Waals surface area contributed by atoms with Crippen LogP contribution in [0.5, 0.6) is 0 Å². The Morgan fingerprint density at radius 1 is 1.35 bits per heavy atom. The average Bonchev–Trinajstić information content (AvgIpc) is 3.07. The smallest absolute Gasteiger partial charge is 0.241 e. The zero-order chi connectivity index (χ0) is 16.7. The van der Waals surface area contributed by atoms with E-state index in [1.165, 1.54) is 12.1 Å². The summed E-state index contributed by atoms with van der Waals surface area (Å²) >= 11 is 3.39. The molecule has 2 rings (SSSR count). The van der Waals surface area contributed by atoms with Crippen molar-refractivity contribution in [3.05, 3.63) is 34.1 Å². The first-order chi connectivity index (χ1) is 11.1. The Morgan fingerprint density at radius 2 is 2.09 bits per heavy atom. The van der Waals surface area contributed by atoms with E-state index in [4.69, 9.17) is 0 Å². The highest BCUT2D eigenvalue weighted by molar-refractivity contribution is 9.10. The molecule has 0 radical (unpaired) electrons. The summed E-state index contributed by atoms with van der Waals surface area (Å²) in [6, 6.07) is 4.51. The number of amides is 1. The van der Waals surface area contributed by atoms with Crippen molar-refractivity contribution in [1.29, 1.82) is 0 Å². The lowest BCUT2D eigenvalue weighted by Gasteiger charge is -2.17. The van der Waals surface area contributed by atoms with E-state index >= 15 is 0 Å². The van der Waals surface area contributed by atoms with Crippen molar-refractivity contribution in [2.75, 3.05) is 26.2 Å². The fourth-order valence-corrected chi connectivity index (χ4v) is 2.78. The predicted molar refractivity (Wildman–Crippen MR) is 92.7 cm³/mol. The second kappa shape index (κ2) is 8.86. The third-order valence-electron chi connectivity index (χ3n) is 3.63. The molecule has 7 heteroatoms. The zero-order valence-corrected chi connectivity index (χ0v) is 14.8. The topological polar surface area (TPSA) is 56.7 Å². The third-order valence-corrected chi connectivity index (χ3v) is 4.40. The Bertz CT molecular complexity index is 573. The fraction of sp³-hybridized carbons (Fsp3) is 0.500. The molecule has 0 atom stereocenters. The van der Waals surface area contributed by atoms with E-state index in [1.54, 1.807) is 6.07 Å². The molecule has 1 aromatic carbocycles. The first-order valence-electron chi connectivity index (χ1n) is 7.84. The maximum absolute atomic E-state index is 13.3. The molecular formula is C16H22BrFN4O. The number of guanidine groups is 1. The van der Waals surface area contributed by atoms with Crippen LogP contribution in [0.3, 0.4) is 0 Å². The molecule has 1 aliphatic rings. The Kier molecular flexibility index (Phi) is 6.83. The van der Waals surface area contributed by atoms with E-state index < -0.39 is 0 Å². The van der Waals surface area contributed by atoms with Gasteiger partial charge in [-0.15, -0.1) is 0 Å². The van der Waals surface area contributed by atoms with E-state index in [-0.39, 0.29) is 18.3 Å². The van der Waals surface area contributed by atoms with E-state index in [1.807, 2.05) is 11.8 Å². The molecule has 1 fully saturated rings. The highest BCUT2D eigenvalue weighted by Crippen LogP contribution is 2.18. The molecule has 1 aromatic rings. The van der Waals surface area contributed by atoms with Crippen LogP contribution in [0.25, 0.3) is 0 Å². The van der Waals surface area contributed by atoms with Crippen molar-refractivity contribution >= 4 is 27.8 Å². The number of hydrogen-bond donors (Lipinski definition) is 2. The van der Waals surface area contributed by atoms with Crippen LogP contribution in [0, 0.1) is 5.82 Å². The van der Waals surface area contributed by atoms with Gasteiger partial charge in [0, 0.05) is 24.1 Å². The molecule has 1 saturated heterocycles. The van der Waals surface area contributed by atoms with Crippen molar-refractivity contribution in [3.63, 3.8) is 0 Å².